The van der Waals surface area contributed by atoms with Crippen molar-refractivity contribution in [2.45, 2.75) is 37.9 Å². The normalized spacial score (nSPS) is 20.2. The van der Waals surface area contributed by atoms with Gasteiger partial charge in [-0.25, -0.2) is 0 Å². The molecular weight excluding hydrogens is 485 g/mol. The fraction of sp³-hybridized carbons (Fsp3) is 0.333. The van der Waals surface area contributed by atoms with Gasteiger partial charge < -0.3 is 25.8 Å². The number of nitrogens with zero attached hydrogens (tertiary/aromatic N) is 2. The van der Waals surface area contributed by atoms with Crippen molar-refractivity contribution in [1.29, 1.82) is 0 Å². The lowest BCUT2D eigenvalue weighted by Gasteiger charge is -2.34. The number of carbonyl (C=O) groups excluding carboxylic acids is 1. The molecule has 0 radical (unpaired) electrons. The number of primary amides is 1. The smallest absolute Gasteiger partial charge is 0.422 e. The maximum atomic E-state index is 13.9. The van der Waals surface area contributed by atoms with E-state index in [9.17, 15) is 18.0 Å². The Morgan fingerprint density at radius 3 is 2.66 bits per heavy atom. The van der Waals surface area contributed by atoms with Gasteiger partial charge in [0, 0.05) is 17.6 Å². The third kappa shape index (κ3) is 5.61. The molecule has 2 aromatic carbocycles. The van der Waals surface area contributed by atoms with Crippen LogP contribution in [0.1, 0.15) is 29.2 Å². The molecule has 3 atom stereocenters. The van der Waals surface area contributed by atoms with Gasteiger partial charge in [0.25, 0.3) is 0 Å². The van der Waals surface area contributed by atoms with E-state index in [1.165, 1.54) is 25.2 Å². The number of fused-ring (bicyclic) bond motifs is 1. The van der Waals surface area contributed by atoms with E-state index in [4.69, 9.17) is 32.5 Å². The summed E-state index contributed by atoms with van der Waals surface area (Å²) in [7, 11) is 1.30. The van der Waals surface area contributed by atoms with Crippen molar-refractivity contribution in [2.24, 2.45) is 16.5 Å². The molecule has 3 rings (SSSR count). The van der Waals surface area contributed by atoms with Crippen molar-refractivity contribution in [3.8, 4) is 5.75 Å². The summed E-state index contributed by atoms with van der Waals surface area (Å²) < 4.78 is 53.7. The number of aliphatic imine (C=N–C) groups is 1. The van der Waals surface area contributed by atoms with Crippen LogP contribution < -0.4 is 21.1 Å². The number of anilines is 1. The van der Waals surface area contributed by atoms with Gasteiger partial charge in [0.1, 0.15) is 30.4 Å². The first-order valence-corrected chi connectivity index (χ1v) is 11.0. The molecule has 1 aliphatic rings. The number of carbonyl (C=O) groups is 1. The molecule has 188 valence electrons. The maximum Gasteiger partial charge on any atom is 0.422 e. The second-order valence-electron chi connectivity index (χ2n) is 7.89. The third-order valence-corrected chi connectivity index (χ3v) is 5.80. The average molecular weight is 511 g/mol. The highest BCUT2D eigenvalue weighted by atomic mass is 35.5. The minimum Gasteiger partial charge on any atom is -0.489 e. The van der Waals surface area contributed by atoms with Gasteiger partial charge in [-0.3, -0.25) is 9.79 Å². The van der Waals surface area contributed by atoms with Crippen LogP contribution in [0.15, 0.2) is 54.0 Å². The minimum atomic E-state index is -4.82. The van der Waals surface area contributed by atoms with Crippen molar-refractivity contribution >= 4 is 29.0 Å². The number of alkyl halides is 3. The van der Waals surface area contributed by atoms with E-state index in [0.29, 0.717) is 22.4 Å². The number of ether oxygens (including phenoxy) is 2. The Labute approximate surface area is 206 Å². The van der Waals surface area contributed by atoms with Gasteiger partial charge >= 0.3 is 6.18 Å². The fourth-order valence-corrected chi connectivity index (χ4v) is 4.19. The average Bonchev–Trinajstić information content (AvgIpc) is 2.91. The quantitative estimate of drug-likeness (QED) is 0.542. The molecule has 7 nitrogen and oxygen atoms in total. The highest BCUT2D eigenvalue weighted by Gasteiger charge is 2.47. The molecule has 2 aromatic rings. The zero-order valence-electron chi connectivity index (χ0n) is 19.2. The number of hydrogen-bond donors (Lipinski definition) is 2. The molecule has 0 spiro atoms. The van der Waals surface area contributed by atoms with Crippen LogP contribution in [0.3, 0.4) is 0 Å². The van der Waals surface area contributed by atoms with Gasteiger partial charge in [0.05, 0.1) is 12.1 Å². The highest BCUT2D eigenvalue weighted by Crippen LogP contribution is 2.43. The van der Waals surface area contributed by atoms with E-state index in [0.717, 1.165) is 4.90 Å². The largest absolute Gasteiger partial charge is 0.489 e. The van der Waals surface area contributed by atoms with Gasteiger partial charge in [-0.05, 0) is 42.3 Å². The number of benzene rings is 2. The first kappa shape index (κ1) is 26.5. The Morgan fingerprint density at radius 1 is 1.34 bits per heavy atom. The number of amides is 1. The Hall–Kier alpha value is -3.08. The van der Waals surface area contributed by atoms with Crippen molar-refractivity contribution < 1.29 is 27.4 Å². The van der Waals surface area contributed by atoms with Crippen molar-refractivity contribution in [3.63, 3.8) is 0 Å². The van der Waals surface area contributed by atoms with Gasteiger partial charge in [0.2, 0.25) is 5.91 Å². The summed E-state index contributed by atoms with van der Waals surface area (Å²) in [6.45, 7) is 5.69. The van der Waals surface area contributed by atoms with Gasteiger partial charge in [-0.15, -0.1) is 0 Å². The molecule has 0 saturated carbocycles. The molecule has 11 heteroatoms. The zero-order chi connectivity index (χ0) is 25.9. The number of hydrogen-bond acceptors (Lipinski definition) is 5. The van der Waals surface area contributed by atoms with Gasteiger partial charge in [0.15, 0.2) is 6.17 Å². The molecule has 1 aliphatic heterocycles. The lowest BCUT2D eigenvalue weighted by molar-refractivity contribution is -0.145. The van der Waals surface area contributed by atoms with Crippen LogP contribution in [0, 0.1) is 6.92 Å². The van der Waals surface area contributed by atoms with Crippen LogP contribution in [-0.2, 0) is 9.53 Å². The molecule has 0 saturated heterocycles. The molecule has 4 N–H and O–H groups in total. The Balaban J connectivity index is 2.30. The van der Waals surface area contributed by atoms with Crippen LogP contribution in [0.5, 0.6) is 5.75 Å². The number of nitrogens with two attached hydrogens (primary N) is 2. The summed E-state index contributed by atoms with van der Waals surface area (Å²) in [5.41, 5.74) is 12.8. The molecule has 0 bridgehead atoms. The number of halogens is 4. The van der Waals surface area contributed by atoms with Crippen molar-refractivity contribution in [2.75, 3.05) is 18.6 Å². The summed E-state index contributed by atoms with van der Waals surface area (Å²) in [5, 5.41) is 0.276. The highest BCUT2D eigenvalue weighted by molar-refractivity contribution is 6.30. The SMILES string of the molecule is C=CCOc1cccc([C@H]2O[C@H](CC(N)=O)C(=NC)N(C(N)C(F)(F)F)c3ccc(Cl)cc32)c1C. The fourth-order valence-electron chi connectivity index (χ4n) is 4.01. The van der Waals surface area contributed by atoms with E-state index in [-0.39, 0.29) is 23.2 Å². The lowest BCUT2D eigenvalue weighted by Crippen LogP contribution is -2.57. The lowest BCUT2D eigenvalue weighted by atomic mass is 9.95. The molecule has 1 amide bonds. The van der Waals surface area contributed by atoms with E-state index in [1.807, 2.05) is 0 Å². The predicted octanol–water partition coefficient (Wildman–Crippen LogP) is 4.26. The topological polar surface area (TPSA) is 103 Å². The van der Waals surface area contributed by atoms with Gasteiger partial charge in [-0.2, -0.15) is 13.2 Å². The minimum absolute atomic E-state index is 0.0913. The summed E-state index contributed by atoms with van der Waals surface area (Å²) in [6, 6.07) is 9.62. The molecule has 0 aromatic heterocycles. The Bertz CT molecular complexity index is 1140. The second-order valence-corrected chi connectivity index (χ2v) is 8.32. The molecule has 1 heterocycles. The molecule has 0 aliphatic carbocycles. The molecular formula is C24H26ClF3N4O3. The van der Waals surface area contributed by atoms with Crippen molar-refractivity contribution in [3.05, 3.63) is 70.8 Å². The maximum absolute atomic E-state index is 13.9. The van der Waals surface area contributed by atoms with Crippen LogP contribution in [0.2, 0.25) is 5.02 Å². The molecule has 35 heavy (non-hydrogen) atoms. The van der Waals surface area contributed by atoms with E-state index < -0.39 is 36.9 Å². The summed E-state index contributed by atoms with van der Waals surface area (Å²) in [5.74, 6) is -0.422. The summed E-state index contributed by atoms with van der Waals surface area (Å²) in [4.78, 5) is 16.8. The first-order valence-electron chi connectivity index (χ1n) is 10.6. The second kappa shape index (κ2) is 10.7. The van der Waals surface area contributed by atoms with Crippen LogP contribution in [0.4, 0.5) is 18.9 Å². The van der Waals surface area contributed by atoms with E-state index in [1.54, 1.807) is 31.2 Å². The van der Waals surface area contributed by atoms with Gasteiger partial charge in [-0.1, -0.05) is 36.4 Å². The zero-order valence-corrected chi connectivity index (χ0v) is 19.9. The number of rotatable bonds is 7. The Morgan fingerprint density at radius 2 is 2.06 bits per heavy atom. The Kier molecular flexibility index (Phi) is 8.09. The van der Waals surface area contributed by atoms with Crippen LogP contribution in [-0.4, -0.2) is 43.8 Å². The third-order valence-electron chi connectivity index (χ3n) is 5.56. The van der Waals surface area contributed by atoms with Crippen molar-refractivity contribution in [1.82, 2.24) is 0 Å². The predicted molar refractivity (Wildman–Crippen MR) is 129 cm³/mol. The molecule has 0 fully saturated rings. The monoisotopic (exact) mass is 510 g/mol. The van der Waals surface area contributed by atoms with Crippen LogP contribution >= 0.6 is 11.6 Å². The first-order chi connectivity index (χ1) is 16.5. The number of amidine groups is 1. The van der Waals surface area contributed by atoms with E-state index in [2.05, 4.69) is 11.6 Å². The standard InChI is InChI=1S/C24H26ClF3N4O3/c1-4-10-34-18-7-5-6-15(13(18)2)21-16-11-14(25)8-9-17(16)32(23(30)24(26,27)28)22(31-3)19(35-21)12-20(29)33/h4-9,11,19,21,23H,1,10,12,30H2,2-3H3,(H2,29,33)/t19-,21-,23?/m1/s1. The molecule has 1 unspecified atom stereocenters. The summed E-state index contributed by atoms with van der Waals surface area (Å²) >= 11 is 6.26. The van der Waals surface area contributed by atoms with E-state index >= 15 is 0 Å². The van der Waals surface area contributed by atoms with Crippen LogP contribution in [0.25, 0.3) is 0 Å². The summed E-state index contributed by atoms with van der Waals surface area (Å²) in [6.07, 6.45) is -8.29.